The van der Waals surface area contributed by atoms with Gasteiger partial charge in [-0.1, -0.05) is 6.07 Å². The van der Waals surface area contributed by atoms with E-state index in [1.54, 1.807) is 36.5 Å². The number of rotatable bonds is 9. The fraction of sp³-hybridized carbons (Fsp3) is 0.393. The first-order valence-corrected chi connectivity index (χ1v) is 15.9. The van der Waals surface area contributed by atoms with E-state index in [2.05, 4.69) is 15.6 Å². The summed E-state index contributed by atoms with van der Waals surface area (Å²) in [5, 5.41) is 7.39. The summed E-state index contributed by atoms with van der Waals surface area (Å²) in [6.07, 6.45) is -2.30. The summed E-state index contributed by atoms with van der Waals surface area (Å²) >= 11 is 1.24. The van der Waals surface area contributed by atoms with Gasteiger partial charge < -0.3 is 24.8 Å². The number of nitrogens with one attached hydrogen (secondary N) is 2. The molecule has 2 aromatic carbocycles. The predicted molar refractivity (Wildman–Crippen MR) is 157 cm³/mol. The first kappa shape index (κ1) is 30.1. The molecule has 14 heteroatoms. The molecular formula is C28H31F4N5O3S2. The van der Waals surface area contributed by atoms with Crippen molar-refractivity contribution >= 4 is 43.5 Å². The number of alkyl halides is 4. The average Bonchev–Trinajstić information content (AvgIpc) is 3.53. The topological polar surface area (TPSA) is 88.5 Å². The van der Waals surface area contributed by atoms with Crippen molar-refractivity contribution in [3.05, 3.63) is 53.5 Å². The van der Waals surface area contributed by atoms with Crippen LogP contribution in [0.4, 0.5) is 28.9 Å². The van der Waals surface area contributed by atoms with Crippen molar-refractivity contribution in [3.8, 4) is 16.5 Å². The Morgan fingerprint density at radius 2 is 1.95 bits per heavy atom. The zero-order valence-electron chi connectivity index (χ0n) is 23.2. The van der Waals surface area contributed by atoms with Gasteiger partial charge in [-0.25, -0.2) is 17.8 Å². The van der Waals surface area contributed by atoms with Gasteiger partial charge in [0.15, 0.2) is 9.84 Å². The number of hydrogen-bond acceptors (Lipinski definition) is 8. The summed E-state index contributed by atoms with van der Waals surface area (Å²) in [5.74, 6) is 0.341. The molecule has 2 N–H and O–H groups in total. The van der Waals surface area contributed by atoms with Crippen LogP contribution in [0, 0.1) is 0 Å². The standard InChI is InChI=1S/C28H31F4N5O3S2/c1-36-10-9-22(20(29)15-36)35-21-5-4-6-24-19(21)12-25(37(24)16-28(30,31)32)27-34-14-17(41-27)13-33-23-8-7-18(42(3,38)39)11-26(23)40-2/h4-8,11-12,14,20,22,33,35H,9-10,13,15-16H2,1-3H3/t20-,22+/m0/s1. The lowest BCUT2D eigenvalue weighted by atomic mass is 10.0. The third-order valence-electron chi connectivity index (χ3n) is 7.20. The van der Waals surface area contributed by atoms with Crippen LogP contribution in [0.15, 0.2) is 53.6 Å². The van der Waals surface area contributed by atoms with Crippen molar-refractivity contribution in [1.29, 1.82) is 0 Å². The third kappa shape index (κ3) is 6.65. The van der Waals surface area contributed by atoms with Crippen molar-refractivity contribution in [2.24, 2.45) is 0 Å². The van der Waals surface area contributed by atoms with E-state index in [1.165, 1.54) is 35.1 Å². The first-order valence-electron chi connectivity index (χ1n) is 13.2. The van der Waals surface area contributed by atoms with E-state index >= 15 is 0 Å². The molecule has 42 heavy (non-hydrogen) atoms. The van der Waals surface area contributed by atoms with Gasteiger partial charge in [-0.2, -0.15) is 13.2 Å². The van der Waals surface area contributed by atoms with E-state index in [0.29, 0.717) is 45.1 Å². The summed E-state index contributed by atoms with van der Waals surface area (Å²) in [5.41, 5.74) is 1.82. The van der Waals surface area contributed by atoms with Crippen LogP contribution in [-0.4, -0.2) is 74.8 Å². The maximum Gasteiger partial charge on any atom is 0.406 e. The predicted octanol–water partition coefficient (Wildman–Crippen LogP) is 5.81. The van der Waals surface area contributed by atoms with Gasteiger partial charge in [0.25, 0.3) is 0 Å². The van der Waals surface area contributed by atoms with Crippen LogP contribution in [0.5, 0.6) is 5.75 Å². The number of nitrogens with zero attached hydrogens (tertiary/aromatic N) is 3. The Labute approximate surface area is 245 Å². The summed E-state index contributed by atoms with van der Waals surface area (Å²) in [7, 11) is -0.127. The van der Waals surface area contributed by atoms with Crippen molar-refractivity contribution in [2.75, 3.05) is 44.1 Å². The number of aromatic nitrogens is 2. The highest BCUT2D eigenvalue weighted by atomic mass is 32.2. The molecule has 3 heterocycles. The molecule has 0 spiro atoms. The molecule has 5 rings (SSSR count). The second-order valence-electron chi connectivity index (χ2n) is 10.4. The first-order chi connectivity index (χ1) is 19.8. The Morgan fingerprint density at radius 1 is 1.17 bits per heavy atom. The normalized spacial score (nSPS) is 18.4. The minimum atomic E-state index is -4.47. The lowest BCUT2D eigenvalue weighted by Crippen LogP contribution is -2.46. The molecule has 4 aromatic rings. The molecule has 0 aliphatic carbocycles. The summed E-state index contributed by atoms with van der Waals surface area (Å²) < 4.78 is 86.2. The van der Waals surface area contributed by atoms with Crippen LogP contribution in [0.3, 0.4) is 0 Å². The number of fused-ring (bicyclic) bond motifs is 1. The lowest BCUT2D eigenvalue weighted by molar-refractivity contribution is -0.139. The second-order valence-corrected chi connectivity index (χ2v) is 13.5. The van der Waals surface area contributed by atoms with Crippen molar-refractivity contribution in [3.63, 3.8) is 0 Å². The maximum atomic E-state index is 14.8. The molecule has 1 fully saturated rings. The smallest absolute Gasteiger partial charge is 0.406 e. The number of likely N-dealkylation sites (tertiary alicyclic amines) is 1. The van der Waals surface area contributed by atoms with Crippen LogP contribution in [0.1, 0.15) is 11.3 Å². The van der Waals surface area contributed by atoms with Crippen molar-refractivity contribution in [2.45, 2.75) is 42.8 Å². The molecule has 226 valence electrons. The fourth-order valence-electron chi connectivity index (χ4n) is 5.09. The largest absolute Gasteiger partial charge is 0.495 e. The number of ether oxygens (including phenoxy) is 1. The zero-order valence-corrected chi connectivity index (χ0v) is 24.8. The van der Waals surface area contributed by atoms with E-state index in [1.807, 2.05) is 11.9 Å². The SMILES string of the molecule is COc1cc(S(C)(=O)=O)ccc1NCc1cnc(-c2cc3c(N[C@@H]4CCN(C)C[C@@H]4F)cccc3n2CC(F)(F)F)s1. The van der Waals surface area contributed by atoms with Crippen LogP contribution in [0.2, 0.25) is 0 Å². The van der Waals surface area contributed by atoms with Crippen LogP contribution in [0.25, 0.3) is 21.6 Å². The van der Waals surface area contributed by atoms with Gasteiger partial charge in [0, 0.05) is 47.6 Å². The Kier molecular flexibility index (Phi) is 8.41. The van der Waals surface area contributed by atoms with Crippen LogP contribution in [-0.2, 0) is 22.9 Å². The minimum absolute atomic E-state index is 0.120. The van der Waals surface area contributed by atoms with Crippen molar-refractivity contribution < 1.29 is 30.7 Å². The molecule has 2 aromatic heterocycles. The summed E-state index contributed by atoms with van der Waals surface area (Å²) in [6.45, 7) is 0.0918. The minimum Gasteiger partial charge on any atom is -0.495 e. The summed E-state index contributed by atoms with van der Waals surface area (Å²) in [4.78, 5) is 7.21. The zero-order chi connectivity index (χ0) is 30.2. The van der Waals surface area contributed by atoms with Crippen molar-refractivity contribution in [1.82, 2.24) is 14.5 Å². The number of piperidine rings is 1. The highest BCUT2D eigenvalue weighted by Gasteiger charge is 2.32. The molecule has 2 atom stereocenters. The molecule has 8 nitrogen and oxygen atoms in total. The molecule has 0 radical (unpaired) electrons. The number of thiazole rings is 1. The molecular weight excluding hydrogens is 594 g/mol. The third-order valence-corrected chi connectivity index (χ3v) is 9.33. The number of sulfone groups is 1. The Morgan fingerprint density at radius 3 is 2.64 bits per heavy atom. The van der Waals surface area contributed by atoms with Crippen LogP contribution < -0.4 is 15.4 Å². The van der Waals surface area contributed by atoms with E-state index in [9.17, 15) is 26.0 Å². The highest BCUT2D eigenvalue weighted by molar-refractivity contribution is 7.90. The molecule has 0 amide bonds. The Balaban J connectivity index is 1.44. The fourth-order valence-corrected chi connectivity index (χ4v) is 6.61. The van der Waals surface area contributed by atoms with Gasteiger partial charge in [-0.05, 0) is 43.8 Å². The number of benzene rings is 2. The monoisotopic (exact) mass is 625 g/mol. The maximum absolute atomic E-state index is 14.8. The number of anilines is 2. The van der Waals surface area contributed by atoms with Gasteiger partial charge >= 0.3 is 6.18 Å². The second kappa shape index (κ2) is 11.7. The molecule has 0 bridgehead atoms. The average molecular weight is 626 g/mol. The lowest BCUT2D eigenvalue weighted by Gasteiger charge is -2.33. The molecule has 0 unspecified atom stereocenters. The van der Waals surface area contributed by atoms with Gasteiger partial charge in [-0.15, -0.1) is 11.3 Å². The quantitative estimate of drug-likeness (QED) is 0.227. The number of hydrogen-bond donors (Lipinski definition) is 2. The van der Waals surface area contributed by atoms with E-state index in [4.69, 9.17) is 4.74 Å². The summed E-state index contributed by atoms with van der Waals surface area (Å²) in [6, 6.07) is 10.8. The molecule has 1 saturated heterocycles. The molecule has 1 aliphatic rings. The molecule has 0 saturated carbocycles. The van der Waals surface area contributed by atoms with E-state index < -0.39 is 34.8 Å². The van der Waals surface area contributed by atoms with Gasteiger partial charge in [0.1, 0.15) is 23.5 Å². The highest BCUT2D eigenvalue weighted by Crippen LogP contribution is 2.37. The van der Waals surface area contributed by atoms with Crippen LogP contribution >= 0.6 is 11.3 Å². The van der Waals surface area contributed by atoms with Gasteiger partial charge in [-0.3, -0.25) is 0 Å². The Hall–Kier alpha value is -3.36. The van der Waals surface area contributed by atoms with Gasteiger partial charge in [0.2, 0.25) is 0 Å². The van der Waals surface area contributed by atoms with E-state index in [-0.39, 0.29) is 18.0 Å². The van der Waals surface area contributed by atoms with Gasteiger partial charge in [0.05, 0.1) is 41.5 Å². The Bertz CT molecular complexity index is 1690. The molecule has 1 aliphatic heterocycles. The number of methoxy groups -OCH3 is 1. The number of halogens is 4. The van der Waals surface area contributed by atoms with E-state index in [0.717, 1.165) is 17.7 Å².